The van der Waals surface area contributed by atoms with Crippen molar-refractivity contribution in [3.8, 4) is 5.88 Å². The van der Waals surface area contributed by atoms with Gasteiger partial charge in [-0.25, -0.2) is 9.37 Å². The number of carbonyl (C=O) groups excluding carboxylic acids is 1. The Morgan fingerprint density at radius 2 is 2.11 bits per heavy atom. The fraction of sp³-hybridized carbons (Fsp3) is 0.0769. The van der Waals surface area contributed by atoms with Crippen LogP contribution in [-0.4, -0.2) is 17.9 Å². The molecular formula is C13H9ClFNO2. The van der Waals surface area contributed by atoms with Gasteiger partial charge in [-0.15, -0.1) is 0 Å². The smallest absolute Gasteiger partial charge is 0.224 e. The minimum atomic E-state index is -0.523. The Labute approximate surface area is 108 Å². The third kappa shape index (κ3) is 2.33. The molecule has 2 aromatic rings. The number of ketones is 1. The van der Waals surface area contributed by atoms with Crippen molar-refractivity contribution in [2.45, 2.75) is 0 Å². The van der Waals surface area contributed by atoms with Crippen LogP contribution >= 0.6 is 11.6 Å². The van der Waals surface area contributed by atoms with Gasteiger partial charge in [-0.2, -0.15) is 0 Å². The monoisotopic (exact) mass is 265 g/mol. The second-order valence-electron chi connectivity index (χ2n) is 3.51. The Morgan fingerprint density at radius 1 is 1.33 bits per heavy atom. The lowest BCUT2D eigenvalue weighted by atomic mass is 10.0. The van der Waals surface area contributed by atoms with Crippen LogP contribution in [-0.2, 0) is 0 Å². The normalized spacial score (nSPS) is 10.2. The number of aromatic nitrogens is 1. The summed E-state index contributed by atoms with van der Waals surface area (Å²) in [5, 5.41) is 0.187. The average Bonchev–Trinajstić information content (AvgIpc) is 2.40. The standard InChI is InChI=1S/C13H9ClFNO2/c1-18-13-9(3-2-6-16-13)12(17)10-7-8(15)4-5-11(10)14/h2-7H,1H3. The van der Waals surface area contributed by atoms with Gasteiger partial charge in [0.25, 0.3) is 0 Å². The first-order valence-electron chi connectivity index (χ1n) is 5.12. The number of hydrogen-bond acceptors (Lipinski definition) is 3. The maximum atomic E-state index is 13.1. The lowest BCUT2D eigenvalue weighted by Crippen LogP contribution is -2.06. The molecule has 3 nitrogen and oxygen atoms in total. The van der Waals surface area contributed by atoms with Crippen LogP contribution in [0.25, 0.3) is 0 Å². The van der Waals surface area contributed by atoms with Crippen molar-refractivity contribution < 1.29 is 13.9 Å². The van der Waals surface area contributed by atoms with Crippen LogP contribution in [0.4, 0.5) is 4.39 Å². The number of halogens is 2. The van der Waals surface area contributed by atoms with Crippen molar-refractivity contribution in [2.24, 2.45) is 0 Å². The van der Waals surface area contributed by atoms with Crippen LogP contribution in [0.5, 0.6) is 5.88 Å². The number of hydrogen-bond donors (Lipinski definition) is 0. The van der Waals surface area contributed by atoms with E-state index in [-0.39, 0.29) is 22.0 Å². The van der Waals surface area contributed by atoms with Gasteiger partial charge in [-0.1, -0.05) is 11.6 Å². The number of carbonyl (C=O) groups is 1. The summed E-state index contributed by atoms with van der Waals surface area (Å²) in [4.78, 5) is 16.1. The van der Waals surface area contributed by atoms with Crippen molar-refractivity contribution >= 4 is 17.4 Å². The molecule has 5 heteroatoms. The molecule has 1 aromatic carbocycles. The molecule has 0 fully saturated rings. The molecule has 0 atom stereocenters. The van der Waals surface area contributed by atoms with E-state index in [1.54, 1.807) is 12.1 Å². The van der Waals surface area contributed by atoms with E-state index in [1.807, 2.05) is 0 Å². The third-order valence-corrected chi connectivity index (χ3v) is 2.71. The number of nitrogens with zero attached hydrogens (tertiary/aromatic N) is 1. The highest BCUT2D eigenvalue weighted by Gasteiger charge is 2.18. The van der Waals surface area contributed by atoms with E-state index in [1.165, 1.54) is 25.4 Å². The van der Waals surface area contributed by atoms with Gasteiger partial charge >= 0.3 is 0 Å². The van der Waals surface area contributed by atoms with Crippen LogP contribution in [0, 0.1) is 5.82 Å². The summed E-state index contributed by atoms with van der Waals surface area (Å²) >= 11 is 5.89. The van der Waals surface area contributed by atoms with Gasteiger partial charge in [0.1, 0.15) is 5.82 Å². The summed E-state index contributed by atoms with van der Waals surface area (Å²) < 4.78 is 18.1. The first-order valence-corrected chi connectivity index (χ1v) is 5.50. The highest BCUT2D eigenvalue weighted by Crippen LogP contribution is 2.24. The average molecular weight is 266 g/mol. The van der Waals surface area contributed by atoms with Crippen LogP contribution < -0.4 is 4.74 Å². The maximum absolute atomic E-state index is 13.1. The lowest BCUT2D eigenvalue weighted by molar-refractivity contribution is 0.103. The molecule has 1 heterocycles. The van der Waals surface area contributed by atoms with Gasteiger partial charge in [0.15, 0.2) is 5.78 Å². The Bertz CT molecular complexity index is 601. The molecule has 0 aliphatic heterocycles. The molecule has 18 heavy (non-hydrogen) atoms. The molecular weight excluding hydrogens is 257 g/mol. The summed E-state index contributed by atoms with van der Waals surface area (Å²) in [5.74, 6) is -0.766. The zero-order chi connectivity index (χ0) is 13.1. The van der Waals surface area contributed by atoms with Gasteiger partial charge in [0.05, 0.1) is 17.7 Å². The van der Waals surface area contributed by atoms with Crippen molar-refractivity contribution in [1.29, 1.82) is 0 Å². The van der Waals surface area contributed by atoms with E-state index in [2.05, 4.69) is 4.98 Å². The summed E-state index contributed by atoms with van der Waals surface area (Å²) in [6.45, 7) is 0. The highest BCUT2D eigenvalue weighted by molar-refractivity contribution is 6.35. The molecule has 0 amide bonds. The predicted octanol–water partition coefficient (Wildman–Crippen LogP) is 3.11. The molecule has 0 saturated heterocycles. The van der Waals surface area contributed by atoms with E-state index in [9.17, 15) is 9.18 Å². The molecule has 0 radical (unpaired) electrons. The van der Waals surface area contributed by atoms with Crippen molar-refractivity contribution in [3.05, 3.63) is 58.5 Å². The second kappa shape index (κ2) is 5.14. The van der Waals surface area contributed by atoms with Crippen LogP contribution in [0.15, 0.2) is 36.5 Å². The van der Waals surface area contributed by atoms with Gasteiger partial charge in [0.2, 0.25) is 5.88 Å². The predicted molar refractivity (Wildman–Crippen MR) is 65.6 cm³/mol. The first kappa shape index (κ1) is 12.5. The van der Waals surface area contributed by atoms with E-state index in [0.29, 0.717) is 0 Å². The number of ether oxygens (including phenoxy) is 1. The van der Waals surface area contributed by atoms with Gasteiger partial charge in [-0.3, -0.25) is 4.79 Å². The lowest BCUT2D eigenvalue weighted by Gasteiger charge is -2.07. The molecule has 0 spiro atoms. The molecule has 92 valence electrons. The number of methoxy groups -OCH3 is 1. The molecule has 0 bridgehead atoms. The second-order valence-corrected chi connectivity index (χ2v) is 3.92. The Kier molecular flexibility index (Phi) is 3.58. The Balaban J connectivity index is 2.51. The van der Waals surface area contributed by atoms with Crippen LogP contribution in [0.3, 0.4) is 0 Å². The van der Waals surface area contributed by atoms with Crippen molar-refractivity contribution in [2.75, 3.05) is 7.11 Å². The van der Waals surface area contributed by atoms with E-state index in [4.69, 9.17) is 16.3 Å². The topological polar surface area (TPSA) is 39.2 Å². The summed E-state index contributed by atoms with van der Waals surface area (Å²) in [6.07, 6.45) is 1.50. The molecule has 0 N–H and O–H groups in total. The Morgan fingerprint density at radius 3 is 2.83 bits per heavy atom. The summed E-state index contributed by atoms with van der Waals surface area (Å²) in [6, 6.07) is 6.78. The Hall–Kier alpha value is -1.94. The quantitative estimate of drug-likeness (QED) is 0.801. The molecule has 0 aliphatic carbocycles. The van der Waals surface area contributed by atoms with E-state index >= 15 is 0 Å². The van der Waals surface area contributed by atoms with E-state index in [0.717, 1.165) is 6.07 Å². The van der Waals surface area contributed by atoms with Gasteiger partial charge in [-0.05, 0) is 30.3 Å². The van der Waals surface area contributed by atoms with Crippen LogP contribution in [0.1, 0.15) is 15.9 Å². The molecule has 0 saturated carbocycles. The largest absolute Gasteiger partial charge is 0.480 e. The van der Waals surface area contributed by atoms with Crippen molar-refractivity contribution in [1.82, 2.24) is 4.98 Å². The minimum Gasteiger partial charge on any atom is -0.480 e. The number of benzene rings is 1. The fourth-order valence-corrected chi connectivity index (χ4v) is 1.75. The summed E-state index contributed by atoms with van der Waals surface area (Å²) in [7, 11) is 1.41. The fourth-order valence-electron chi connectivity index (χ4n) is 1.54. The molecule has 1 aromatic heterocycles. The zero-order valence-electron chi connectivity index (χ0n) is 9.48. The molecule has 0 aliphatic rings. The molecule has 2 rings (SSSR count). The maximum Gasteiger partial charge on any atom is 0.224 e. The van der Waals surface area contributed by atoms with Gasteiger partial charge < -0.3 is 4.74 Å². The third-order valence-electron chi connectivity index (χ3n) is 2.38. The van der Waals surface area contributed by atoms with Crippen LogP contribution in [0.2, 0.25) is 5.02 Å². The van der Waals surface area contributed by atoms with Gasteiger partial charge in [0, 0.05) is 11.8 Å². The highest BCUT2D eigenvalue weighted by atomic mass is 35.5. The van der Waals surface area contributed by atoms with E-state index < -0.39 is 11.6 Å². The minimum absolute atomic E-state index is 0.0861. The zero-order valence-corrected chi connectivity index (χ0v) is 10.2. The number of rotatable bonds is 3. The summed E-state index contributed by atoms with van der Waals surface area (Å²) in [5.41, 5.74) is 0.329. The number of pyridine rings is 1. The van der Waals surface area contributed by atoms with Crippen molar-refractivity contribution in [3.63, 3.8) is 0 Å². The first-order chi connectivity index (χ1) is 8.63. The SMILES string of the molecule is COc1ncccc1C(=O)c1cc(F)ccc1Cl. The molecule has 0 unspecified atom stereocenters.